The van der Waals surface area contributed by atoms with Crippen LogP contribution >= 0.6 is 0 Å². The van der Waals surface area contributed by atoms with Gasteiger partial charge in [-0.15, -0.1) is 26.3 Å². The summed E-state index contributed by atoms with van der Waals surface area (Å²) >= 11 is 0. The Morgan fingerprint density at radius 1 is 0.290 bits per heavy atom. The van der Waals surface area contributed by atoms with Crippen LogP contribution < -0.4 is 0 Å². The Balaban J connectivity index is 0.00000180. The minimum atomic E-state index is -5.01. The zero-order chi connectivity index (χ0) is 67.4. The third-order valence-corrected chi connectivity index (χ3v) is 18.3. The molecule has 14 nitrogen and oxygen atoms in total. The first kappa shape index (κ1) is 89.4. The molecule has 0 bridgehead atoms. The molecule has 0 atom stereocenters. The molecule has 0 aliphatic heterocycles. The molecule has 0 aliphatic rings. The third kappa shape index (κ3) is 48.7. The number of carbonyl (C=O) groups is 4. The van der Waals surface area contributed by atoms with Gasteiger partial charge in [-0.25, -0.2) is 36.0 Å². The molecule has 0 saturated carbocycles. The maximum Gasteiger partial charge on any atom is 2.00 e. The molecule has 0 radical (unpaired) electrons. The smallest absolute Gasteiger partial charge is 0.744 e. The summed E-state index contributed by atoms with van der Waals surface area (Å²) in [6.45, 7) is 15.5. The maximum atomic E-state index is 12.9. The van der Waals surface area contributed by atoms with Crippen LogP contribution in [0.1, 0.15) is 350 Å². The van der Waals surface area contributed by atoms with Gasteiger partial charge in [0, 0.05) is 0 Å². The largest absolute Gasteiger partial charge is 2.00 e. The zero-order valence-corrected chi connectivity index (χ0v) is 61.5. The van der Waals surface area contributed by atoms with Gasteiger partial charge in [-0.3, -0.25) is 0 Å². The first-order valence-electron chi connectivity index (χ1n) is 35.9. The van der Waals surface area contributed by atoms with Crippen LogP contribution in [0.25, 0.3) is 0 Å². The SMILES string of the molecule is C=CCCCCCCCCCCCCCOC(=O)c1cccc(S(=O)(=O)[O-])c1C(=O)OCCCCCCCCCCCCCC=C.C=CCCCCCCCCCCCCCOC(=O)c1cccc(S(=O)(=O)[O-])c1C(=O)OCCCCCCCCCCCCCC=C.[Ca+2]. The van der Waals surface area contributed by atoms with Gasteiger partial charge in [0.1, 0.15) is 20.2 Å². The first-order chi connectivity index (χ1) is 44.6. The fourth-order valence-electron chi connectivity index (χ4n) is 11.1. The Hall–Kier alpha value is -3.64. The van der Waals surface area contributed by atoms with Gasteiger partial charge in [-0.05, 0) is 101 Å². The minimum Gasteiger partial charge on any atom is -0.744 e. The zero-order valence-electron chi connectivity index (χ0n) is 57.6. The molecule has 0 heterocycles. The van der Waals surface area contributed by atoms with Gasteiger partial charge >= 0.3 is 61.6 Å². The van der Waals surface area contributed by atoms with E-state index in [1.807, 2.05) is 24.3 Å². The second-order valence-electron chi connectivity index (χ2n) is 24.7. The van der Waals surface area contributed by atoms with E-state index in [1.54, 1.807) is 0 Å². The second-order valence-corrected chi connectivity index (χ2v) is 27.4. The van der Waals surface area contributed by atoms with Crippen molar-refractivity contribution in [1.29, 1.82) is 0 Å². The number of hydrogen-bond acceptors (Lipinski definition) is 14. The third-order valence-electron chi connectivity index (χ3n) is 16.6. The van der Waals surface area contributed by atoms with E-state index < -0.39 is 65.0 Å². The van der Waals surface area contributed by atoms with Crippen LogP contribution in [0.2, 0.25) is 0 Å². The number of hydrogen-bond donors (Lipinski definition) is 0. The van der Waals surface area contributed by atoms with E-state index in [9.17, 15) is 45.1 Å². The van der Waals surface area contributed by atoms with Gasteiger partial charge in [0.25, 0.3) is 0 Å². The van der Waals surface area contributed by atoms with Crippen molar-refractivity contribution in [3.05, 3.63) is 109 Å². The van der Waals surface area contributed by atoms with Gasteiger partial charge in [0.15, 0.2) is 0 Å². The van der Waals surface area contributed by atoms with E-state index >= 15 is 0 Å². The van der Waals surface area contributed by atoms with Gasteiger partial charge < -0.3 is 28.1 Å². The Morgan fingerprint density at radius 2 is 0.462 bits per heavy atom. The number of carbonyl (C=O) groups excluding carboxylic acids is 4. The van der Waals surface area contributed by atoms with Gasteiger partial charge in [0.2, 0.25) is 0 Å². The van der Waals surface area contributed by atoms with Crippen molar-refractivity contribution >= 4 is 81.9 Å². The number of esters is 4. The molecule has 0 saturated heterocycles. The second kappa shape index (κ2) is 61.9. The first-order valence-corrected chi connectivity index (χ1v) is 38.8. The quantitative estimate of drug-likeness (QED) is 0.0150. The summed E-state index contributed by atoms with van der Waals surface area (Å²) in [5.41, 5.74) is -1.58. The molecule has 0 unspecified atom stereocenters. The van der Waals surface area contributed by atoms with Crippen LogP contribution in [-0.2, 0) is 39.2 Å². The number of benzene rings is 2. The number of unbranched alkanes of at least 4 members (excludes halogenated alkanes) is 44. The summed E-state index contributed by atoms with van der Waals surface area (Å²) in [4.78, 5) is 50.0. The fraction of sp³-hybridized carbons (Fsp3) is 0.684. The van der Waals surface area contributed by atoms with Crippen molar-refractivity contribution in [3.8, 4) is 0 Å². The predicted molar refractivity (Wildman–Crippen MR) is 378 cm³/mol. The van der Waals surface area contributed by atoms with Crippen molar-refractivity contribution in [2.75, 3.05) is 26.4 Å². The summed E-state index contributed by atoms with van der Waals surface area (Å²) in [6, 6.07) is 7.19. The summed E-state index contributed by atoms with van der Waals surface area (Å²) in [7, 11) is -10.0. The van der Waals surface area contributed by atoms with Crippen molar-refractivity contribution in [2.45, 2.75) is 318 Å². The standard InChI is InChI=1S/2C38H62O7S.Ca/c2*1-3-5-7-9-11-13-15-17-19-21-23-25-27-32-44-37(39)34-30-29-31-35(46(41,42)43)36(34)38(40)45-33-28-26-24-22-20-18-16-14-12-10-8-6-4-2;/h2*3-4,29-31H,1-2,5-28,32-33H2,(H,41,42,43);/q;;+2/p-2. The molecule has 0 amide bonds. The molecule has 93 heavy (non-hydrogen) atoms. The molecule has 2 aromatic carbocycles. The van der Waals surface area contributed by atoms with E-state index in [2.05, 4.69) is 26.3 Å². The summed E-state index contributed by atoms with van der Waals surface area (Å²) in [5.74, 6) is -3.65. The number of allylic oxidation sites excluding steroid dienone is 4. The van der Waals surface area contributed by atoms with Crippen LogP contribution in [0.4, 0.5) is 0 Å². The molecule has 0 fully saturated rings. The normalized spacial score (nSPS) is 11.2. The topological polar surface area (TPSA) is 220 Å². The molecule has 0 aliphatic carbocycles. The monoisotopic (exact) mass is 1360 g/mol. The number of rotatable bonds is 62. The average Bonchev–Trinajstić information content (AvgIpc) is 0.820. The van der Waals surface area contributed by atoms with Crippen molar-refractivity contribution < 1.29 is 64.1 Å². The molecule has 17 heteroatoms. The summed E-state index contributed by atoms with van der Waals surface area (Å²) in [6.07, 6.45) is 62.3. The molecule has 0 spiro atoms. The minimum absolute atomic E-state index is 0. The number of ether oxygens (including phenoxy) is 4. The maximum absolute atomic E-state index is 12.9. The Bertz CT molecular complexity index is 2340. The van der Waals surface area contributed by atoms with Crippen LogP contribution in [0.15, 0.2) is 96.8 Å². The predicted octanol–water partition coefficient (Wildman–Crippen LogP) is 20.9. The van der Waals surface area contributed by atoms with Crippen molar-refractivity contribution in [2.24, 2.45) is 0 Å². The van der Waals surface area contributed by atoms with Crippen LogP contribution in [0.5, 0.6) is 0 Å². The van der Waals surface area contributed by atoms with Crippen LogP contribution in [0.3, 0.4) is 0 Å². The van der Waals surface area contributed by atoms with Gasteiger partial charge in [-0.2, -0.15) is 0 Å². The van der Waals surface area contributed by atoms with E-state index in [0.717, 1.165) is 115 Å². The van der Waals surface area contributed by atoms with E-state index in [1.165, 1.54) is 204 Å². The van der Waals surface area contributed by atoms with Gasteiger partial charge in [-0.1, -0.05) is 268 Å². The molecular formula is C76H122CaO14S2. The Morgan fingerprint density at radius 3 is 0.645 bits per heavy atom. The Kier molecular flexibility index (Phi) is 59.5. The molecular weight excluding hydrogens is 1240 g/mol. The van der Waals surface area contributed by atoms with E-state index in [-0.39, 0.29) is 75.3 Å². The molecule has 0 aromatic heterocycles. The molecule has 2 aromatic rings. The molecule has 524 valence electrons. The van der Waals surface area contributed by atoms with Crippen LogP contribution in [0, 0.1) is 0 Å². The molecule has 2 rings (SSSR count). The molecule has 0 N–H and O–H groups in total. The van der Waals surface area contributed by atoms with Gasteiger partial charge in [0.05, 0.1) is 58.5 Å². The van der Waals surface area contributed by atoms with Crippen molar-refractivity contribution in [3.63, 3.8) is 0 Å². The van der Waals surface area contributed by atoms with Crippen LogP contribution in [-0.4, -0.2) is 114 Å². The summed E-state index contributed by atoms with van der Waals surface area (Å²) < 4.78 is 92.8. The van der Waals surface area contributed by atoms with E-state index in [0.29, 0.717) is 25.7 Å². The summed E-state index contributed by atoms with van der Waals surface area (Å²) in [5, 5.41) is 0. The van der Waals surface area contributed by atoms with E-state index in [4.69, 9.17) is 18.9 Å². The van der Waals surface area contributed by atoms with Crippen molar-refractivity contribution in [1.82, 2.24) is 0 Å². The average molecular weight is 1360 g/mol. The Labute approximate surface area is 595 Å². The fourth-order valence-corrected chi connectivity index (χ4v) is 12.5.